The van der Waals surface area contributed by atoms with Gasteiger partial charge in [0.1, 0.15) is 5.75 Å². The number of rotatable bonds is 10. The maximum absolute atomic E-state index is 5.64. The van der Waals surface area contributed by atoms with Crippen LogP contribution in [-0.2, 0) is 4.74 Å². The van der Waals surface area contributed by atoms with Crippen molar-refractivity contribution in [2.75, 3.05) is 53.6 Å². The molecule has 0 radical (unpaired) electrons. The number of methoxy groups -OCH3 is 2. The van der Waals surface area contributed by atoms with E-state index in [-0.39, 0.29) is 30.0 Å². The van der Waals surface area contributed by atoms with Crippen LogP contribution in [0, 0.1) is 0 Å². The summed E-state index contributed by atoms with van der Waals surface area (Å²) in [6.07, 6.45) is 4.79. The molecule has 1 aromatic carbocycles. The van der Waals surface area contributed by atoms with Gasteiger partial charge in [-0.05, 0) is 45.3 Å². The molecule has 0 spiro atoms. The molecule has 1 heterocycles. The summed E-state index contributed by atoms with van der Waals surface area (Å²) in [6.45, 7) is 7.49. The van der Waals surface area contributed by atoms with E-state index >= 15 is 0 Å². The molecular formula is C21H37IN4O2. The molecular weight excluding hydrogens is 467 g/mol. The minimum atomic E-state index is 0. The highest BCUT2D eigenvalue weighted by Gasteiger charge is 2.24. The van der Waals surface area contributed by atoms with Crippen LogP contribution in [0.5, 0.6) is 5.75 Å². The highest BCUT2D eigenvalue weighted by atomic mass is 127. The number of para-hydroxylation sites is 1. The van der Waals surface area contributed by atoms with E-state index in [1.54, 1.807) is 14.2 Å². The first kappa shape index (κ1) is 25.0. The third-order valence-corrected chi connectivity index (χ3v) is 4.91. The van der Waals surface area contributed by atoms with Crippen molar-refractivity contribution in [3.8, 4) is 5.75 Å². The predicted molar refractivity (Wildman–Crippen MR) is 127 cm³/mol. The number of piperidine rings is 1. The Labute approximate surface area is 187 Å². The van der Waals surface area contributed by atoms with Gasteiger partial charge < -0.3 is 20.1 Å². The lowest BCUT2D eigenvalue weighted by Crippen LogP contribution is -2.40. The molecule has 1 aliphatic heterocycles. The van der Waals surface area contributed by atoms with Crippen LogP contribution in [-0.4, -0.2) is 64.4 Å². The first-order chi connectivity index (χ1) is 13.3. The Bertz CT molecular complexity index is 565. The van der Waals surface area contributed by atoms with Gasteiger partial charge in [0.15, 0.2) is 5.96 Å². The molecule has 0 bridgehead atoms. The van der Waals surface area contributed by atoms with Gasteiger partial charge in [-0.15, -0.1) is 24.0 Å². The number of benzene rings is 1. The normalized spacial score (nSPS) is 16.2. The predicted octanol–water partition coefficient (Wildman–Crippen LogP) is 3.43. The fourth-order valence-corrected chi connectivity index (χ4v) is 3.53. The molecule has 1 aliphatic rings. The van der Waals surface area contributed by atoms with Crippen LogP contribution in [0.15, 0.2) is 29.3 Å². The van der Waals surface area contributed by atoms with Crippen LogP contribution in [0.3, 0.4) is 0 Å². The standard InChI is InChI=1S/C21H36N4O2.HI/c1-4-22-21(23-13-10-16-26-2)24-17-19(25-14-8-5-9-15-25)18-11-6-7-12-20(18)27-3;/h6-7,11-12,19H,4-5,8-10,13-17H2,1-3H3,(H2,22,23,24);1H. The van der Waals surface area contributed by atoms with Crippen molar-refractivity contribution in [2.24, 2.45) is 4.99 Å². The zero-order valence-corrected chi connectivity index (χ0v) is 19.9. The molecule has 7 heteroatoms. The fourth-order valence-electron chi connectivity index (χ4n) is 3.53. The van der Waals surface area contributed by atoms with Gasteiger partial charge in [0.05, 0.1) is 19.7 Å². The van der Waals surface area contributed by atoms with E-state index in [9.17, 15) is 0 Å². The van der Waals surface area contributed by atoms with Crippen LogP contribution >= 0.6 is 24.0 Å². The van der Waals surface area contributed by atoms with Crippen LogP contribution in [0.4, 0.5) is 0 Å². The molecule has 1 fully saturated rings. The molecule has 0 aliphatic carbocycles. The van der Waals surface area contributed by atoms with Crippen molar-refractivity contribution in [1.82, 2.24) is 15.5 Å². The highest BCUT2D eigenvalue weighted by molar-refractivity contribution is 14.0. The number of likely N-dealkylation sites (tertiary alicyclic amines) is 1. The van der Waals surface area contributed by atoms with E-state index in [1.807, 2.05) is 12.1 Å². The smallest absolute Gasteiger partial charge is 0.191 e. The Morgan fingerprint density at radius 3 is 2.57 bits per heavy atom. The second kappa shape index (κ2) is 14.9. The number of nitrogens with one attached hydrogen (secondary N) is 2. The van der Waals surface area contributed by atoms with E-state index in [0.717, 1.165) is 50.9 Å². The van der Waals surface area contributed by atoms with Crippen LogP contribution in [0.1, 0.15) is 44.2 Å². The molecule has 0 amide bonds. The second-order valence-corrected chi connectivity index (χ2v) is 6.85. The van der Waals surface area contributed by atoms with E-state index < -0.39 is 0 Å². The molecule has 1 unspecified atom stereocenters. The molecule has 1 saturated heterocycles. The average Bonchev–Trinajstić information content (AvgIpc) is 2.72. The lowest BCUT2D eigenvalue weighted by Gasteiger charge is -2.34. The molecule has 160 valence electrons. The number of aliphatic imine (C=N–C) groups is 1. The number of guanidine groups is 1. The summed E-state index contributed by atoms with van der Waals surface area (Å²) in [5, 5.41) is 6.75. The van der Waals surface area contributed by atoms with Gasteiger partial charge in [-0.1, -0.05) is 24.6 Å². The Hall–Kier alpha value is -1.06. The zero-order chi connectivity index (χ0) is 19.3. The second-order valence-electron chi connectivity index (χ2n) is 6.85. The minimum Gasteiger partial charge on any atom is -0.496 e. The third-order valence-electron chi connectivity index (χ3n) is 4.91. The molecule has 28 heavy (non-hydrogen) atoms. The monoisotopic (exact) mass is 504 g/mol. The fraction of sp³-hybridized carbons (Fsp3) is 0.667. The maximum Gasteiger partial charge on any atom is 0.191 e. The summed E-state index contributed by atoms with van der Waals surface area (Å²) in [7, 11) is 3.48. The average molecular weight is 504 g/mol. The topological polar surface area (TPSA) is 58.1 Å². The molecule has 0 aromatic heterocycles. The van der Waals surface area contributed by atoms with E-state index in [4.69, 9.17) is 14.5 Å². The van der Waals surface area contributed by atoms with Crippen molar-refractivity contribution < 1.29 is 9.47 Å². The van der Waals surface area contributed by atoms with Gasteiger partial charge in [-0.3, -0.25) is 9.89 Å². The van der Waals surface area contributed by atoms with Gasteiger partial charge in [0.25, 0.3) is 0 Å². The number of halogens is 1. The summed E-state index contributed by atoms with van der Waals surface area (Å²) < 4.78 is 10.8. The number of hydrogen-bond donors (Lipinski definition) is 2. The molecule has 0 saturated carbocycles. The van der Waals surface area contributed by atoms with Gasteiger partial charge in [-0.2, -0.15) is 0 Å². The number of hydrogen-bond acceptors (Lipinski definition) is 4. The largest absolute Gasteiger partial charge is 0.496 e. The Kier molecular flexibility index (Phi) is 13.3. The van der Waals surface area contributed by atoms with Crippen LogP contribution < -0.4 is 15.4 Å². The zero-order valence-electron chi connectivity index (χ0n) is 17.6. The van der Waals surface area contributed by atoms with Gasteiger partial charge in [0, 0.05) is 32.4 Å². The lowest BCUT2D eigenvalue weighted by molar-refractivity contribution is 0.165. The summed E-state index contributed by atoms with van der Waals surface area (Å²) in [4.78, 5) is 7.45. The quantitative estimate of drug-likeness (QED) is 0.221. The minimum absolute atomic E-state index is 0. The van der Waals surface area contributed by atoms with Crippen molar-refractivity contribution >= 4 is 29.9 Å². The molecule has 6 nitrogen and oxygen atoms in total. The molecule has 2 rings (SSSR count). The first-order valence-corrected chi connectivity index (χ1v) is 10.2. The van der Waals surface area contributed by atoms with Gasteiger partial charge in [0.2, 0.25) is 0 Å². The molecule has 1 atom stereocenters. The summed E-state index contributed by atoms with van der Waals surface area (Å²) in [5.41, 5.74) is 1.22. The third kappa shape index (κ3) is 8.13. The van der Waals surface area contributed by atoms with Crippen molar-refractivity contribution in [1.29, 1.82) is 0 Å². The van der Waals surface area contributed by atoms with Crippen LogP contribution in [0.2, 0.25) is 0 Å². The van der Waals surface area contributed by atoms with E-state index in [0.29, 0.717) is 6.54 Å². The van der Waals surface area contributed by atoms with Gasteiger partial charge in [-0.25, -0.2) is 0 Å². The van der Waals surface area contributed by atoms with E-state index in [1.165, 1.54) is 24.8 Å². The van der Waals surface area contributed by atoms with E-state index in [2.05, 4.69) is 34.6 Å². The summed E-state index contributed by atoms with van der Waals surface area (Å²) in [5.74, 6) is 1.81. The van der Waals surface area contributed by atoms with Crippen LogP contribution in [0.25, 0.3) is 0 Å². The SMILES string of the molecule is CCNC(=NCC(c1ccccc1OC)N1CCCCC1)NCCCOC.I. The summed E-state index contributed by atoms with van der Waals surface area (Å²) >= 11 is 0. The Balaban J connectivity index is 0.00000392. The van der Waals surface area contributed by atoms with Crippen molar-refractivity contribution in [2.45, 2.75) is 38.6 Å². The summed E-state index contributed by atoms with van der Waals surface area (Å²) in [6, 6.07) is 8.57. The van der Waals surface area contributed by atoms with Crippen molar-refractivity contribution in [3.05, 3.63) is 29.8 Å². The number of nitrogens with zero attached hydrogens (tertiary/aromatic N) is 2. The number of ether oxygens (including phenoxy) is 2. The Morgan fingerprint density at radius 1 is 1.14 bits per heavy atom. The van der Waals surface area contributed by atoms with Crippen molar-refractivity contribution in [3.63, 3.8) is 0 Å². The highest BCUT2D eigenvalue weighted by Crippen LogP contribution is 2.31. The van der Waals surface area contributed by atoms with Gasteiger partial charge >= 0.3 is 0 Å². The molecule has 1 aromatic rings. The first-order valence-electron chi connectivity index (χ1n) is 10.2. The molecule has 2 N–H and O–H groups in total. The lowest BCUT2D eigenvalue weighted by atomic mass is 10.0. The Morgan fingerprint density at radius 2 is 1.89 bits per heavy atom. The maximum atomic E-state index is 5.64.